The number of pyridine rings is 1. The van der Waals surface area contributed by atoms with Gasteiger partial charge in [-0.25, -0.2) is 4.79 Å². The van der Waals surface area contributed by atoms with Crippen LogP contribution >= 0.6 is 11.6 Å². The predicted octanol–water partition coefficient (Wildman–Crippen LogP) is 2.19. The maximum atomic E-state index is 11.5. The zero-order valence-corrected chi connectivity index (χ0v) is 9.13. The molecule has 4 nitrogen and oxygen atoms in total. The molecule has 2 aromatic rings. The van der Waals surface area contributed by atoms with Crippen LogP contribution in [0.15, 0.2) is 23.0 Å². The highest BCUT2D eigenvalue weighted by atomic mass is 35.5. The minimum atomic E-state index is -1.15. The van der Waals surface area contributed by atoms with E-state index >= 15 is 0 Å². The van der Waals surface area contributed by atoms with E-state index in [4.69, 9.17) is 16.7 Å². The molecule has 0 aliphatic rings. The molecular formula is C11H8ClNO3. The van der Waals surface area contributed by atoms with Crippen molar-refractivity contribution in [1.29, 1.82) is 0 Å². The predicted molar refractivity (Wildman–Crippen MR) is 61.3 cm³/mol. The van der Waals surface area contributed by atoms with Crippen molar-refractivity contribution in [3.05, 3.63) is 44.7 Å². The van der Waals surface area contributed by atoms with E-state index in [1.165, 1.54) is 6.92 Å². The van der Waals surface area contributed by atoms with Gasteiger partial charge >= 0.3 is 5.97 Å². The minimum absolute atomic E-state index is 0.0376. The third-order valence-electron chi connectivity index (χ3n) is 2.44. The van der Waals surface area contributed by atoms with Crippen molar-refractivity contribution in [2.75, 3.05) is 0 Å². The van der Waals surface area contributed by atoms with Crippen LogP contribution in [0, 0.1) is 6.92 Å². The first-order valence-electron chi connectivity index (χ1n) is 4.56. The Morgan fingerprint density at radius 2 is 2.12 bits per heavy atom. The molecule has 0 radical (unpaired) electrons. The number of hydrogen-bond acceptors (Lipinski definition) is 2. The Hall–Kier alpha value is -1.81. The Balaban J connectivity index is 3.09. The van der Waals surface area contributed by atoms with Crippen molar-refractivity contribution >= 4 is 28.5 Å². The van der Waals surface area contributed by atoms with Crippen LogP contribution in [-0.2, 0) is 0 Å². The number of carbonyl (C=O) groups is 1. The fraction of sp³-hybridized carbons (Fsp3) is 0.0909. The number of H-pyrrole nitrogens is 1. The van der Waals surface area contributed by atoms with Crippen LogP contribution in [0.3, 0.4) is 0 Å². The first-order valence-corrected chi connectivity index (χ1v) is 4.94. The summed E-state index contributed by atoms with van der Waals surface area (Å²) >= 11 is 5.95. The number of benzene rings is 1. The lowest BCUT2D eigenvalue weighted by Crippen LogP contribution is -2.16. The van der Waals surface area contributed by atoms with E-state index in [0.717, 1.165) is 0 Å². The van der Waals surface area contributed by atoms with Crippen molar-refractivity contribution in [2.24, 2.45) is 0 Å². The summed E-state index contributed by atoms with van der Waals surface area (Å²) in [5.74, 6) is -1.15. The Bertz CT molecular complexity index is 645. The summed E-state index contributed by atoms with van der Waals surface area (Å²) in [6.07, 6.45) is 0. The van der Waals surface area contributed by atoms with E-state index in [1.807, 2.05) is 0 Å². The van der Waals surface area contributed by atoms with E-state index in [9.17, 15) is 9.59 Å². The smallest absolute Gasteiger partial charge is 0.336 e. The monoisotopic (exact) mass is 237 g/mol. The van der Waals surface area contributed by atoms with Gasteiger partial charge in [0.2, 0.25) is 0 Å². The van der Waals surface area contributed by atoms with Gasteiger partial charge in [0, 0.05) is 10.9 Å². The van der Waals surface area contributed by atoms with Gasteiger partial charge in [0.25, 0.3) is 5.56 Å². The average Bonchev–Trinajstić information content (AvgIpc) is 2.20. The quantitative estimate of drug-likeness (QED) is 0.799. The van der Waals surface area contributed by atoms with Gasteiger partial charge in [-0.3, -0.25) is 4.79 Å². The summed E-state index contributed by atoms with van der Waals surface area (Å²) in [6.45, 7) is 1.46. The molecule has 16 heavy (non-hydrogen) atoms. The fourth-order valence-electron chi connectivity index (χ4n) is 1.67. The molecule has 0 saturated carbocycles. The topological polar surface area (TPSA) is 70.2 Å². The molecule has 0 fully saturated rings. The van der Waals surface area contributed by atoms with Crippen molar-refractivity contribution in [3.63, 3.8) is 0 Å². The number of rotatable bonds is 1. The molecule has 0 saturated heterocycles. The van der Waals surface area contributed by atoms with Crippen molar-refractivity contribution in [2.45, 2.75) is 6.92 Å². The van der Waals surface area contributed by atoms with E-state index in [0.29, 0.717) is 15.9 Å². The zero-order chi connectivity index (χ0) is 11.9. The number of nitrogens with one attached hydrogen (secondary N) is 1. The van der Waals surface area contributed by atoms with E-state index < -0.39 is 11.5 Å². The SMILES string of the molecule is Cc1c(C(=O)O)c2c(Cl)cccc2[nH]c1=O. The molecule has 0 aliphatic heterocycles. The largest absolute Gasteiger partial charge is 0.478 e. The molecule has 0 aliphatic carbocycles. The van der Waals surface area contributed by atoms with Crippen LogP contribution < -0.4 is 5.56 Å². The zero-order valence-electron chi connectivity index (χ0n) is 8.37. The molecule has 0 atom stereocenters. The lowest BCUT2D eigenvalue weighted by Gasteiger charge is -2.06. The van der Waals surface area contributed by atoms with Gasteiger partial charge in [0.1, 0.15) is 0 Å². The van der Waals surface area contributed by atoms with Crippen molar-refractivity contribution < 1.29 is 9.90 Å². The van der Waals surface area contributed by atoms with Crippen LogP contribution in [0.5, 0.6) is 0 Å². The van der Waals surface area contributed by atoms with Gasteiger partial charge in [0.05, 0.1) is 16.1 Å². The van der Waals surface area contributed by atoms with E-state index in [-0.39, 0.29) is 11.1 Å². The first-order chi connectivity index (χ1) is 7.52. The molecule has 0 unspecified atom stereocenters. The molecule has 5 heteroatoms. The summed E-state index contributed by atoms with van der Waals surface area (Å²) in [4.78, 5) is 25.2. The second kappa shape index (κ2) is 3.64. The first kappa shape index (κ1) is 10.7. The normalized spacial score (nSPS) is 10.6. The van der Waals surface area contributed by atoms with E-state index in [1.54, 1.807) is 18.2 Å². The van der Waals surface area contributed by atoms with Gasteiger partial charge in [0.15, 0.2) is 0 Å². The molecule has 0 spiro atoms. The Morgan fingerprint density at radius 3 is 2.75 bits per heavy atom. The van der Waals surface area contributed by atoms with Gasteiger partial charge in [-0.2, -0.15) is 0 Å². The van der Waals surface area contributed by atoms with Crippen LogP contribution in [0.2, 0.25) is 5.02 Å². The van der Waals surface area contributed by atoms with Gasteiger partial charge < -0.3 is 10.1 Å². The number of aromatic nitrogens is 1. The van der Waals surface area contributed by atoms with Gasteiger partial charge in [-0.15, -0.1) is 0 Å². The number of aromatic amines is 1. The molecule has 2 rings (SSSR count). The second-order valence-electron chi connectivity index (χ2n) is 3.42. The maximum absolute atomic E-state index is 11.5. The molecule has 82 valence electrons. The number of carboxylic acids is 1. The molecular weight excluding hydrogens is 230 g/mol. The second-order valence-corrected chi connectivity index (χ2v) is 3.83. The number of halogens is 1. The van der Waals surface area contributed by atoms with Crippen LogP contribution in [-0.4, -0.2) is 16.1 Å². The molecule has 1 aromatic carbocycles. The molecule has 1 heterocycles. The van der Waals surface area contributed by atoms with Gasteiger partial charge in [-0.05, 0) is 19.1 Å². The number of fused-ring (bicyclic) bond motifs is 1. The summed E-state index contributed by atoms with van der Waals surface area (Å²) in [7, 11) is 0. The van der Waals surface area contributed by atoms with E-state index in [2.05, 4.69) is 4.98 Å². The average molecular weight is 238 g/mol. The summed E-state index contributed by atoms with van der Waals surface area (Å²) in [6, 6.07) is 4.87. The lowest BCUT2D eigenvalue weighted by atomic mass is 10.0. The Labute approximate surface area is 95.5 Å². The number of carboxylic acid groups (broad SMARTS) is 1. The Kier molecular flexibility index (Phi) is 2.44. The number of aromatic carboxylic acids is 1. The summed E-state index contributed by atoms with van der Waals surface area (Å²) in [5.41, 5.74) is 0.144. The highest BCUT2D eigenvalue weighted by molar-refractivity contribution is 6.36. The van der Waals surface area contributed by atoms with Crippen LogP contribution in [0.1, 0.15) is 15.9 Å². The third kappa shape index (κ3) is 1.47. The van der Waals surface area contributed by atoms with Gasteiger partial charge in [-0.1, -0.05) is 17.7 Å². The highest BCUT2D eigenvalue weighted by Gasteiger charge is 2.17. The van der Waals surface area contributed by atoms with Crippen LogP contribution in [0.4, 0.5) is 0 Å². The lowest BCUT2D eigenvalue weighted by molar-refractivity contribution is 0.0698. The minimum Gasteiger partial charge on any atom is -0.478 e. The molecule has 2 N–H and O–H groups in total. The Morgan fingerprint density at radius 1 is 1.44 bits per heavy atom. The molecule has 0 amide bonds. The van der Waals surface area contributed by atoms with Crippen LogP contribution in [0.25, 0.3) is 10.9 Å². The van der Waals surface area contributed by atoms with Crippen molar-refractivity contribution in [3.8, 4) is 0 Å². The standard InChI is InChI=1S/C11H8ClNO3/c1-5-8(11(15)16)9-6(12)3-2-4-7(9)13-10(5)14/h2-4H,1H3,(H,13,14)(H,15,16). The fourth-order valence-corrected chi connectivity index (χ4v) is 1.94. The van der Waals surface area contributed by atoms with Crippen molar-refractivity contribution in [1.82, 2.24) is 4.98 Å². The third-order valence-corrected chi connectivity index (χ3v) is 2.76. The number of hydrogen-bond donors (Lipinski definition) is 2. The summed E-state index contributed by atoms with van der Waals surface area (Å²) in [5, 5.41) is 9.78. The maximum Gasteiger partial charge on any atom is 0.336 e. The molecule has 0 bridgehead atoms. The molecule has 1 aromatic heterocycles. The summed E-state index contributed by atoms with van der Waals surface area (Å²) < 4.78 is 0. The highest BCUT2D eigenvalue weighted by Crippen LogP contribution is 2.25.